The lowest BCUT2D eigenvalue weighted by molar-refractivity contribution is -0.505. The predicted octanol–water partition coefficient (Wildman–Crippen LogP) is 3.00. The molecule has 11 nitrogen and oxygen atoms in total. The summed E-state index contributed by atoms with van der Waals surface area (Å²) in [5, 5.41) is 6.62. The Morgan fingerprint density at radius 2 is 1.93 bits per heavy atom. The van der Waals surface area contributed by atoms with Gasteiger partial charge in [0.05, 0.1) is 11.6 Å². The van der Waals surface area contributed by atoms with E-state index in [9.17, 15) is 14.4 Å². The van der Waals surface area contributed by atoms with Gasteiger partial charge in [-0.3, -0.25) is 19.6 Å². The number of nitrogens with one attached hydrogen (secondary N) is 4. The quantitative estimate of drug-likeness (QED) is 0.187. The summed E-state index contributed by atoms with van der Waals surface area (Å²) in [7, 11) is 0. The highest BCUT2D eigenvalue weighted by Gasteiger charge is 2.31. The van der Waals surface area contributed by atoms with Crippen LogP contribution in [0.5, 0.6) is 11.5 Å². The van der Waals surface area contributed by atoms with E-state index >= 15 is 0 Å². The molecule has 12 heteroatoms. The fraction of sp³-hybridized carbons (Fsp3) is 0.214. The smallest absolute Gasteiger partial charge is 0.446 e. The number of carbonyl (C=O) groups is 2. The van der Waals surface area contributed by atoms with Gasteiger partial charge in [-0.15, -0.1) is 11.3 Å². The van der Waals surface area contributed by atoms with Gasteiger partial charge in [0.2, 0.25) is 11.4 Å². The zero-order valence-electron chi connectivity index (χ0n) is 21.6. The van der Waals surface area contributed by atoms with Gasteiger partial charge >= 0.3 is 5.69 Å². The van der Waals surface area contributed by atoms with Crippen molar-refractivity contribution in [2.45, 2.75) is 38.3 Å². The minimum Gasteiger partial charge on any atom is -0.453 e. The van der Waals surface area contributed by atoms with Crippen molar-refractivity contribution in [3.63, 3.8) is 0 Å². The Morgan fingerprint density at radius 3 is 2.65 bits per heavy atom. The molecule has 0 bridgehead atoms. The first-order chi connectivity index (χ1) is 19.4. The molecule has 1 aliphatic carbocycles. The first kappa shape index (κ1) is 25.4. The normalized spacial score (nSPS) is 17.6. The molecule has 5 aromatic heterocycles. The van der Waals surface area contributed by atoms with Crippen LogP contribution in [0.25, 0.3) is 21.3 Å². The number of ether oxygens (including phenoxy) is 1. The van der Waals surface area contributed by atoms with Crippen molar-refractivity contribution in [3.05, 3.63) is 88.1 Å². The molecular weight excluding hydrogens is 530 g/mol. The minimum atomic E-state index is -0.419. The molecule has 1 aliphatic rings. The maximum atomic E-state index is 13.4. The molecule has 0 spiro atoms. The lowest BCUT2D eigenvalue weighted by atomic mass is 10.1. The van der Waals surface area contributed by atoms with Gasteiger partial charge in [-0.2, -0.15) is 4.24 Å². The first-order valence-electron chi connectivity index (χ1n) is 12.8. The number of aromatic amines is 2. The van der Waals surface area contributed by atoms with Crippen LogP contribution in [0.15, 0.2) is 66.4 Å². The summed E-state index contributed by atoms with van der Waals surface area (Å²) in [6.07, 6.45) is 8.53. The third-order valence-corrected chi connectivity index (χ3v) is 8.02. The van der Waals surface area contributed by atoms with Crippen LogP contribution in [-0.4, -0.2) is 43.8 Å². The van der Waals surface area contributed by atoms with E-state index < -0.39 is 5.69 Å². The number of H-pyrrole nitrogens is 2. The van der Waals surface area contributed by atoms with Crippen molar-refractivity contribution in [2.75, 3.05) is 0 Å². The van der Waals surface area contributed by atoms with Crippen LogP contribution in [0.1, 0.15) is 34.6 Å². The van der Waals surface area contributed by atoms with E-state index in [1.165, 1.54) is 21.7 Å². The van der Waals surface area contributed by atoms with Crippen molar-refractivity contribution in [3.8, 4) is 11.5 Å². The molecule has 6 rings (SSSR count). The highest BCUT2D eigenvalue weighted by atomic mass is 32.1. The Hall–Kier alpha value is -4.84. The Morgan fingerprint density at radius 1 is 1.12 bits per heavy atom. The summed E-state index contributed by atoms with van der Waals surface area (Å²) in [6, 6.07) is 8.53. The minimum absolute atomic E-state index is 0.177. The molecule has 5 aromatic rings. The zero-order valence-corrected chi connectivity index (χ0v) is 22.4. The number of aryl methyl sites for hydroxylation is 1. The van der Waals surface area contributed by atoms with E-state index in [0.29, 0.717) is 43.1 Å². The Balaban J connectivity index is 1.37. The van der Waals surface area contributed by atoms with Gasteiger partial charge in [0.15, 0.2) is 5.75 Å². The van der Waals surface area contributed by atoms with E-state index in [0.717, 1.165) is 25.0 Å². The molecule has 0 saturated heterocycles. The molecule has 202 valence electrons. The second-order valence-corrected chi connectivity index (χ2v) is 10.6. The summed E-state index contributed by atoms with van der Waals surface area (Å²) in [6.45, 7) is 5.40. The van der Waals surface area contributed by atoms with Gasteiger partial charge in [-0.25, -0.2) is 14.8 Å². The Labute approximate surface area is 231 Å². The summed E-state index contributed by atoms with van der Waals surface area (Å²) < 4.78 is 7.34. The summed E-state index contributed by atoms with van der Waals surface area (Å²) >= 11 is 1.21. The monoisotopic (exact) mass is 556 g/mol. The number of rotatable bonds is 6. The van der Waals surface area contributed by atoms with Crippen molar-refractivity contribution < 1.29 is 18.6 Å². The van der Waals surface area contributed by atoms with Gasteiger partial charge in [-0.05, 0) is 56.5 Å². The van der Waals surface area contributed by atoms with Crippen molar-refractivity contribution in [2.24, 2.45) is 0 Å². The standard InChI is InChI=1S/C28H25N7O4S/c1-3-22(36)32-18-5-4-6-19(18)33-26(37)25-24-23-20(11-12-29-27(23)40-25)35(28(38)34-24)21-10-9-17(14-31-21)39-16-8-7-15(2)30-13-16/h3,7-14,18-19H,1,4-6H2,2H3,(H3,32,33,34,36,37,38)/p+1/t18-,19+/m0/s1. The summed E-state index contributed by atoms with van der Waals surface area (Å²) in [4.78, 5) is 54.3. The summed E-state index contributed by atoms with van der Waals surface area (Å²) in [5.41, 5.74) is 2.01. The molecule has 1 saturated carbocycles. The molecule has 0 unspecified atom stereocenters. The van der Waals surface area contributed by atoms with E-state index in [4.69, 9.17) is 4.74 Å². The third-order valence-electron chi connectivity index (χ3n) is 6.93. The molecule has 4 N–H and O–H groups in total. The lowest BCUT2D eigenvalue weighted by Gasteiger charge is -2.21. The van der Waals surface area contributed by atoms with Crippen LogP contribution in [0.2, 0.25) is 0 Å². The van der Waals surface area contributed by atoms with Gasteiger partial charge in [0.25, 0.3) is 5.91 Å². The van der Waals surface area contributed by atoms with E-state index in [2.05, 4.69) is 37.1 Å². The number of hydrogen-bond donors (Lipinski definition) is 4. The fourth-order valence-electron chi connectivity index (χ4n) is 5.02. The van der Waals surface area contributed by atoms with Crippen LogP contribution < -0.4 is 25.3 Å². The van der Waals surface area contributed by atoms with Crippen LogP contribution in [0.3, 0.4) is 0 Å². The summed E-state index contributed by atoms with van der Waals surface area (Å²) in [5.74, 6) is 0.560. The maximum absolute atomic E-state index is 13.4. The highest BCUT2D eigenvalue weighted by molar-refractivity contribution is 7.21. The van der Waals surface area contributed by atoms with Gasteiger partial charge in [0.1, 0.15) is 32.7 Å². The van der Waals surface area contributed by atoms with E-state index in [1.807, 2.05) is 19.1 Å². The first-order valence-corrected chi connectivity index (χ1v) is 13.6. The molecule has 40 heavy (non-hydrogen) atoms. The van der Waals surface area contributed by atoms with Gasteiger partial charge < -0.3 is 15.4 Å². The third kappa shape index (κ3) is 4.73. The van der Waals surface area contributed by atoms with Crippen molar-refractivity contribution >= 4 is 44.4 Å². The number of nitrogens with zero attached hydrogens (tertiary/aromatic N) is 3. The lowest BCUT2D eigenvalue weighted by Crippen LogP contribution is -2.48. The molecule has 2 amide bonds. The SMILES string of the molecule is C=CC(=O)N[C@H]1CCC[C@H]1NC(=O)c1sc2nccc3c2c1[nH]c(=O)[n+]3=c1ccc(Oc2ccc(C)nc2)c[nH]1. The van der Waals surface area contributed by atoms with Crippen molar-refractivity contribution in [1.82, 2.24) is 30.6 Å². The molecular formula is C28H26N7O4S+. The molecule has 0 aliphatic heterocycles. The largest absolute Gasteiger partial charge is 0.453 e. The molecule has 2 atom stereocenters. The number of amides is 2. The molecule has 5 heterocycles. The Kier molecular flexibility index (Phi) is 6.60. The number of pyridine rings is 3. The van der Waals surface area contributed by atoms with Crippen LogP contribution in [0, 0.1) is 12.4 Å². The number of aromatic nitrogens is 5. The van der Waals surface area contributed by atoms with E-state index in [-0.39, 0.29) is 23.9 Å². The molecule has 0 radical (unpaired) electrons. The predicted molar refractivity (Wildman–Crippen MR) is 149 cm³/mol. The number of carbonyl (C=O) groups excluding carboxylic acids is 2. The van der Waals surface area contributed by atoms with Gasteiger partial charge in [-0.1, -0.05) is 6.58 Å². The number of hydrogen-bond acceptors (Lipinski definition) is 7. The Bertz CT molecular complexity index is 1910. The van der Waals surface area contributed by atoms with Gasteiger partial charge in [0, 0.05) is 30.0 Å². The zero-order chi connectivity index (χ0) is 27.8. The van der Waals surface area contributed by atoms with Crippen LogP contribution in [-0.2, 0) is 4.79 Å². The maximum Gasteiger partial charge on any atom is 0.446 e. The molecule has 0 aromatic carbocycles. The highest BCUT2D eigenvalue weighted by Crippen LogP contribution is 2.32. The van der Waals surface area contributed by atoms with Crippen molar-refractivity contribution in [1.29, 1.82) is 0 Å². The topological polar surface area (TPSA) is 148 Å². The average Bonchev–Trinajstić information content (AvgIpc) is 3.55. The van der Waals surface area contributed by atoms with Crippen LogP contribution in [0.4, 0.5) is 0 Å². The van der Waals surface area contributed by atoms with E-state index in [1.54, 1.807) is 36.8 Å². The van der Waals surface area contributed by atoms with Crippen LogP contribution >= 0.6 is 11.3 Å². The average molecular weight is 557 g/mol. The second kappa shape index (κ2) is 10.4. The second-order valence-electron chi connectivity index (χ2n) is 9.56. The fourth-order valence-corrected chi connectivity index (χ4v) is 6.04. The molecule has 1 fully saturated rings. The number of thiophene rings is 1.